The maximum atomic E-state index is 12.3. The Bertz CT molecular complexity index is 996. The summed E-state index contributed by atoms with van der Waals surface area (Å²) in [6, 6.07) is 11.3. The Morgan fingerprint density at radius 1 is 1.00 bits per heavy atom. The number of aromatic nitrogens is 2. The lowest BCUT2D eigenvalue weighted by Crippen LogP contribution is -2.12. The minimum Gasteiger partial charge on any atom is -0.366 e. The summed E-state index contributed by atoms with van der Waals surface area (Å²) in [7, 11) is 0. The number of aromatic amines is 1. The Morgan fingerprint density at radius 2 is 1.72 bits per heavy atom. The van der Waals surface area contributed by atoms with Gasteiger partial charge in [-0.25, -0.2) is 4.98 Å². The van der Waals surface area contributed by atoms with Crippen molar-refractivity contribution in [3.63, 3.8) is 0 Å². The normalized spacial score (nSPS) is 10.7. The van der Waals surface area contributed by atoms with Gasteiger partial charge in [0.2, 0.25) is 5.91 Å². The molecule has 2 amide bonds. The number of carbonyl (C=O) groups excluding carboxylic acids is 3. The van der Waals surface area contributed by atoms with Gasteiger partial charge in [0.1, 0.15) is 5.52 Å². The predicted molar refractivity (Wildman–Crippen MR) is 94.6 cm³/mol. The number of thioether (sulfide) groups is 1. The van der Waals surface area contributed by atoms with Crippen LogP contribution in [0.2, 0.25) is 0 Å². The molecule has 25 heavy (non-hydrogen) atoms. The largest absolute Gasteiger partial charge is 0.366 e. The first-order chi connectivity index (χ1) is 12.0. The monoisotopic (exact) mass is 354 g/mol. The average Bonchev–Trinajstić information content (AvgIpc) is 3.02. The smallest absolute Gasteiger partial charge is 0.250 e. The Hall–Kier alpha value is -3.13. The van der Waals surface area contributed by atoms with Crippen LogP contribution in [0.4, 0.5) is 0 Å². The zero-order chi connectivity index (χ0) is 18.0. The number of ketones is 1. The Labute approximate surface area is 146 Å². The number of hydrogen-bond acceptors (Lipinski definition) is 5. The molecule has 126 valence electrons. The Kier molecular flexibility index (Phi) is 4.53. The predicted octanol–water partition coefficient (Wildman–Crippen LogP) is 1.74. The van der Waals surface area contributed by atoms with Crippen LogP contribution < -0.4 is 11.5 Å². The summed E-state index contributed by atoms with van der Waals surface area (Å²) in [5, 5.41) is 0.503. The van der Waals surface area contributed by atoms with Crippen LogP contribution in [0.1, 0.15) is 31.1 Å². The van der Waals surface area contributed by atoms with Crippen molar-refractivity contribution in [1.82, 2.24) is 9.97 Å². The molecule has 1 aromatic heterocycles. The van der Waals surface area contributed by atoms with E-state index < -0.39 is 11.8 Å². The molecular formula is C17H14N4O3S. The number of nitrogens with two attached hydrogens (primary N) is 2. The molecule has 0 atom stereocenters. The molecule has 7 nitrogen and oxygen atoms in total. The number of rotatable bonds is 6. The highest BCUT2D eigenvalue weighted by molar-refractivity contribution is 7.99. The van der Waals surface area contributed by atoms with Crippen LogP contribution in [0.3, 0.4) is 0 Å². The third-order valence-corrected chi connectivity index (χ3v) is 4.44. The summed E-state index contributed by atoms with van der Waals surface area (Å²) < 4.78 is 0. The van der Waals surface area contributed by atoms with E-state index in [0.29, 0.717) is 27.3 Å². The van der Waals surface area contributed by atoms with Gasteiger partial charge in [0, 0.05) is 11.1 Å². The third-order valence-electron chi connectivity index (χ3n) is 3.57. The first kappa shape index (κ1) is 16.7. The lowest BCUT2D eigenvalue weighted by Gasteiger charge is -2.01. The summed E-state index contributed by atoms with van der Waals surface area (Å²) in [5.74, 6) is -1.19. The van der Waals surface area contributed by atoms with E-state index in [4.69, 9.17) is 11.5 Å². The van der Waals surface area contributed by atoms with Crippen LogP contribution >= 0.6 is 11.8 Å². The van der Waals surface area contributed by atoms with E-state index in [0.717, 1.165) is 0 Å². The van der Waals surface area contributed by atoms with Gasteiger partial charge in [-0.05, 0) is 24.3 Å². The number of benzene rings is 2. The molecule has 0 radical (unpaired) electrons. The fourth-order valence-electron chi connectivity index (χ4n) is 2.34. The second-order valence-corrected chi connectivity index (χ2v) is 6.23. The number of imidazole rings is 1. The van der Waals surface area contributed by atoms with E-state index in [9.17, 15) is 14.4 Å². The highest BCUT2D eigenvalue weighted by Gasteiger charge is 2.14. The molecule has 2 aromatic carbocycles. The molecular weight excluding hydrogens is 340 g/mol. The first-order valence-electron chi connectivity index (χ1n) is 7.30. The number of carbonyl (C=O) groups is 3. The topological polar surface area (TPSA) is 132 Å². The van der Waals surface area contributed by atoms with Crippen molar-refractivity contribution in [2.45, 2.75) is 5.16 Å². The zero-order valence-electron chi connectivity index (χ0n) is 13.0. The van der Waals surface area contributed by atoms with Crippen LogP contribution in [0.5, 0.6) is 0 Å². The van der Waals surface area contributed by atoms with Crippen molar-refractivity contribution in [2.24, 2.45) is 11.5 Å². The molecule has 0 unspecified atom stereocenters. The molecule has 0 saturated carbocycles. The van der Waals surface area contributed by atoms with Crippen molar-refractivity contribution >= 4 is 40.4 Å². The van der Waals surface area contributed by atoms with Crippen molar-refractivity contribution in [2.75, 3.05) is 5.75 Å². The summed E-state index contributed by atoms with van der Waals surface area (Å²) in [6.45, 7) is 0. The maximum absolute atomic E-state index is 12.3. The first-order valence-corrected chi connectivity index (χ1v) is 8.28. The van der Waals surface area contributed by atoms with Crippen molar-refractivity contribution in [3.8, 4) is 0 Å². The third kappa shape index (κ3) is 3.53. The van der Waals surface area contributed by atoms with E-state index in [1.807, 2.05) is 0 Å². The molecule has 5 N–H and O–H groups in total. The molecule has 0 bridgehead atoms. The van der Waals surface area contributed by atoms with Gasteiger partial charge in [0.25, 0.3) is 5.91 Å². The minimum atomic E-state index is -0.585. The molecule has 8 heteroatoms. The van der Waals surface area contributed by atoms with E-state index in [2.05, 4.69) is 9.97 Å². The van der Waals surface area contributed by atoms with Gasteiger partial charge in [0.05, 0.1) is 16.8 Å². The number of hydrogen-bond donors (Lipinski definition) is 3. The molecule has 1 heterocycles. The highest BCUT2D eigenvalue weighted by Crippen LogP contribution is 2.23. The summed E-state index contributed by atoms with van der Waals surface area (Å²) in [5.41, 5.74) is 12.7. The molecule has 3 aromatic rings. The van der Waals surface area contributed by atoms with Gasteiger partial charge in [-0.3, -0.25) is 14.4 Å². The van der Waals surface area contributed by atoms with Crippen molar-refractivity contribution in [1.29, 1.82) is 0 Å². The van der Waals surface area contributed by atoms with Crippen LogP contribution in [-0.2, 0) is 0 Å². The van der Waals surface area contributed by atoms with Crippen LogP contribution in [0.15, 0.2) is 47.6 Å². The second kappa shape index (κ2) is 6.78. The SMILES string of the molecule is NC(=O)c1cccc(C(=O)CSc2nc3c(C(N)=O)cccc3[nH]2)c1. The van der Waals surface area contributed by atoms with Gasteiger partial charge in [-0.2, -0.15) is 0 Å². The number of amides is 2. The summed E-state index contributed by atoms with van der Waals surface area (Å²) in [4.78, 5) is 42.3. The van der Waals surface area contributed by atoms with Crippen molar-refractivity contribution in [3.05, 3.63) is 59.2 Å². The molecule has 0 saturated heterocycles. The van der Waals surface area contributed by atoms with Gasteiger partial charge < -0.3 is 16.5 Å². The molecule has 0 aliphatic rings. The van der Waals surface area contributed by atoms with Crippen molar-refractivity contribution < 1.29 is 14.4 Å². The minimum absolute atomic E-state index is 0.119. The van der Waals surface area contributed by atoms with Crippen LogP contribution in [0.25, 0.3) is 11.0 Å². The number of H-pyrrole nitrogens is 1. The standard InChI is InChI=1S/C17H14N4O3S/c18-15(23)10-4-1-3-9(7-10)13(22)8-25-17-20-12-6-2-5-11(16(19)24)14(12)21-17/h1-7H,8H2,(H2,18,23)(H2,19,24)(H,20,21). The molecule has 0 aliphatic heterocycles. The number of nitrogens with zero attached hydrogens (tertiary/aromatic N) is 1. The fourth-order valence-corrected chi connectivity index (χ4v) is 3.11. The zero-order valence-corrected chi connectivity index (χ0v) is 13.8. The van der Waals surface area contributed by atoms with Gasteiger partial charge >= 0.3 is 0 Å². The van der Waals surface area contributed by atoms with Gasteiger partial charge in [-0.1, -0.05) is 30.0 Å². The maximum Gasteiger partial charge on any atom is 0.250 e. The number of nitrogens with one attached hydrogen (secondary N) is 1. The van der Waals surface area contributed by atoms with E-state index in [1.165, 1.54) is 17.8 Å². The number of fused-ring (bicyclic) bond motifs is 1. The van der Waals surface area contributed by atoms with E-state index >= 15 is 0 Å². The highest BCUT2D eigenvalue weighted by atomic mass is 32.2. The molecule has 0 spiro atoms. The molecule has 3 rings (SSSR count). The molecule has 0 fully saturated rings. The van der Waals surface area contributed by atoms with Crippen LogP contribution in [0, 0.1) is 0 Å². The quantitative estimate of drug-likeness (QED) is 0.458. The lowest BCUT2D eigenvalue weighted by molar-refractivity contribution is 0.0991. The summed E-state index contributed by atoms with van der Waals surface area (Å²) >= 11 is 1.20. The van der Waals surface area contributed by atoms with E-state index in [-0.39, 0.29) is 17.1 Å². The Balaban J connectivity index is 1.77. The van der Waals surface area contributed by atoms with Gasteiger partial charge in [-0.15, -0.1) is 0 Å². The number of para-hydroxylation sites is 1. The van der Waals surface area contributed by atoms with Crippen LogP contribution in [-0.4, -0.2) is 33.3 Å². The van der Waals surface area contributed by atoms with Gasteiger partial charge in [0.15, 0.2) is 10.9 Å². The lowest BCUT2D eigenvalue weighted by atomic mass is 10.1. The number of Topliss-reactive ketones (excluding diaryl/α,β-unsaturated/α-hetero) is 1. The Morgan fingerprint density at radius 3 is 2.44 bits per heavy atom. The van der Waals surface area contributed by atoms with E-state index in [1.54, 1.807) is 36.4 Å². The average molecular weight is 354 g/mol. The number of primary amides is 2. The fraction of sp³-hybridized carbons (Fsp3) is 0.0588. The molecule has 0 aliphatic carbocycles. The summed E-state index contributed by atoms with van der Waals surface area (Å²) in [6.07, 6.45) is 0. The second-order valence-electron chi connectivity index (χ2n) is 5.26.